The summed E-state index contributed by atoms with van der Waals surface area (Å²) in [5.74, 6) is 0.232. The highest BCUT2D eigenvalue weighted by Gasteiger charge is 2.01. The Balaban J connectivity index is 2.03. The fourth-order valence-electron chi connectivity index (χ4n) is 1.49. The number of rotatable bonds is 3. The molecule has 0 fully saturated rings. The van der Waals surface area contributed by atoms with Crippen molar-refractivity contribution in [2.24, 2.45) is 7.05 Å². The molecule has 0 radical (unpaired) electrons. The van der Waals surface area contributed by atoms with Crippen molar-refractivity contribution in [1.82, 2.24) is 9.78 Å². The summed E-state index contributed by atoms with van der Waals surface area (Å²) >= 11 is 11.7. The van der Waals surface area contributed by atoms with Crippen LogP contribution in [0.1, 0.15) is 5.56 Å². The van der Waals surface area contributed by atoms with Crippen LogP contribution in [0.2, 0.25) is 10.0 Å². The third kappa shape index (κ3) is 4.12. The topological polar surface area (TPSA) is 46.9 Å². The molecule has 0 saturated carbocycles. The second-order valence-corrected chi connectivity index (χ2v) is 4.77. The third-order valence-corrected chi connectivity index (χ3v) is 2.71. The number of halogens is 2. The number of benzene rings is 1. The van der Waals surface area contributed by atoms with E-state index < -0.39 is 0 Å². The van der Waals surface area contributed by atoms with E-state index >= 15 is 0 Å². The molecule has 1 aromatic heterocycles. The van der Waals surface area contributed by atoms with E-state index in [0.29, 0.717) is 15.9 Å². The second-order valence-electron chi connectivity index (χ2n) is 3.90. The van der Waals surface area contributed by atoms with Gasteiger partial charge in [-0.15, -0.1) is 0 Å². The highest BCUT2D eigenvalue weighted by Crippen LogP contribution is 2.19. The Hall–Kier alpha value is -1.78. The van der Waals surface area contributed by atoms with Crippen molar-refractivity contribution in [2.45, 2.75) is 0 Å². The van der Waals surface area contributed by atoms with E-state index in [1.54, 1.807) is 48.3 Å². The lowest BCUT2D eigenvalue weighted by molar-refractivity contribution is -0.111. The number of carbonyl (C=O) groups excluding carboxylic acids is 1. The van der Waals surface area contributed by atoms with Crippen LogP contribution in [0.3, 0.4) is 0 Å². The molecule has 98 valence electrons. The number of carbonyl (C=O) groups is 1. The molecule has 2 aromatic rings. The molecule has 0 aliphatic rings. The maximum absolute atomic E-state index is 11.7. The maximum atomic E-state index is 11.7. The van der Waals surface area contributed by atoms with E-state index in [2.05, 4.69) is 10.4 Å². The maximum Gasteiger partial charge on any atom is 0.249 e. The van der Waals surface area contributed by atoms with Crippen LogP contribution >= 0.6 is 23.2 Å². The minimum Gasteiger partial charge on any atom is -0.306 e. The largest absolute Gasteiger partial charge is 0.306 e. The predicted octanol–water partition coefficient (Wildman–Crippen LogP) is 3.38. The van der Waals surface area contributed by atoms with Gasteiger partial charge in [0, 0.05) is 35.4 Å². The third-order valence-electron chi connectivity index (χ3n) is 2.28. The molecule has 0 spiro atoms. The van der Waals surface area contributed by atoms with Crippen LogP contribution in [0.15, 0.2) is 36.5 Å². The summed E-state index contributed by atoms with van der Waals surface area (Å²) in [7, 11) is 1.78. The molecule has 2 rings (SSSR count). The van der Waals surface area contributed by atoms with Gasteiger partial charge in [0.2, 0.25) is 5.91 Å². The minimum atomic E-state index is -0.269. The molecule has 4 nitrogen and oxygen atoms in total. The fraction of sp³-hybridized carbons (Fsp3) is 0.0769. The van der Waals surface area contributed by atoms with Crippen molar-refractivity contribution in [3.05, 3.63) is 52.1 Å². The molecule has 0 bridgehead atoms. The van der Waals surface area contributed by atoms with Gasteiger partial charge in [-0.25, -0.2) is 0 Å². The first kappa shape index (κ1) is 13.6. The van der Waals surface area contributed by atoms with E-state index in [-0.39, 0.29) is 5.91 Å². The van der Waals surface area contributed by atoms with Gasteiger partial charge in [0.1, 0.15) is 0 Å². The van der Waals surface area contributed by atoms with Crippen LogP contribution in [0.25, 0.3) is 6.08 Å². The Morgan fingerprint density at radius 1 is 1.32 bits per heavy atom. The molecule has 0 aliphatic heterocycles. The van der Waals surface area contributed by atoms with Gasteiger partial charge in [-0.3, -0.25) is 9.48 Å². The van der Waals surface area contributed by atoms with Gasteiger partial charge in [-0.2, -0.15) is 5.10 Å². The van der Waals surface area contributed by atoms with Crippen molar-refractivity contribution in [2.75, 3.05) is 5.32 Å². The van der Waals surface area contributed by atoms with Gasteiger partial charge in [0.15, 0.2) is 5.82 Å². The van der Waals surface area contributed by atoms with Crippen LogP contribution in [0.4, 0.5) is 5.82 Å². The number of hydrogen-bond donors (Lipinski definition) is 1. The molecule has 1 aromatic carbocycles. The Morgan fingerprint density at radius 3 is 2.58 bits per heavy atom. The second kappa shape index (κ2) is 5.91. The van der Waals surface area contributed by atoms with Crippen LogP contribution in [0.5, 0.6) is 0 Å². The van der Waals surface area contributed by atoms with E-state index in [9.17, 15) is 4.79 Å². The van der Waals surface area contributed by atoms with E-state index in [4.69, 9.17) is 23.2 Å². The van der Waals surface area contributed by atoms with Gasteiger partial charge in [0.05, 0.1) is 0 Å². The molecule has 0 atom stereocenters. The van der Waals surface area contributed by atoms with Gasteiger partial charge in [-0.05, 0) is 29.8 Å². The smallest absolute Gasteiger partial charge is 0.249 e. The number of amides is 1. The lowest BCUT2D eigenvalue weighted by atomic mass is 10.2. The summed E-state index contributed by atoms with van der Waals surface area (Å²) in [5, 5.41) is 7.73. The number of nitrogens with zero attached hydrogens (tertiary/aromatic N) is 2. The highest BCUT2D eigenvalue weighted by molar-refractivity contribution is 6.34. The summed E-state index contributed by atoms with van der Waals surface area (Å²) in [4.78, 5) is 11.7. The summed E-state index contributed by atoms with van der Waals surface area (Å²) in [6.07, 6.45) is 4.78. The Labute approximate surface area is 120 Å². The van der Waals surface area contributed by atoms with E-state index in [1.807, 2.05) is 0 Å². The molecule has 0 saturated heterocycles. The summed E-state index contributed by atoms with van der Waals surface area (Å²) in [6.45, 7) is 0. The van der Waals surface area contributed by atoms with Crippen LogP contribution in [-0.2, 0) is 11.8 Å². The van der Waals surface area contributed by atoms with E-state index in [1.165, 1.54) is 6.08 Å². The Kier molecular flexibility index (Phi) is 4.24. The van der Waals surface area contributed by atoms with Crippen molar-refractivity contribution in [3.63, 3.8) is 0 Å². The lowest BCUT2D eigenvalue weighted by Gasteiger charge is -1.98. The van der Waals surface area contributed by atoms with Crippen molar-refractivity contribution in [3.8, 4) is 0 Å². The number of aryl methyl sites for hydroxylation is 1. The van der Waals surface area contributed by atoms with Crippen molar-refractivity contribution < 1.29 is 4.79 Å². The van der Waals surface area contributed by atoms with Crippen LogP contribution in [-0.4, -0.2) is 15.7 Å². The lowest BCUT2D eigenvalue weighted by Crippen LogP contribution is -2.08. The Bertz CT molecular complexity index is 614. The van der Waals surface area contributed by atoms with Crippen LogP contribution < -0.4 is 5.32 Å². The molecule has 0 aliphatic carbocycles. The normalized spacial score (nSPS) is 10.9. The zero-order valence-corrected chi connectivity index (χ0v) is 11.6. The molecule has 0 unspecified atom stereocenters. The Morgan fingerprint density at radius 2 is 2.00 bits per heavy atom. The highest BCUT2D eigenvalue weighted by atomic mass is 35.5. The van der Waals surface area contributed by atoms with E-state index in [0.717, 1.165) is 5.56 Å². The van der Waals surface area contributed by atoms with Crippen LogP contribution in [0, 0.1) is 0 Å². The zero-order valence-electron chi connectivity index (χ0n) is 10.1. The average molecular weight is 296 g/mol. The van der Waals surface area contributed by atoms with Gasteiger partial charge in [-0.1, -0.05) is 23.2 Å². The first-order valence-corrected chi connectivity index (χ1v) is 6.23. The van der Waals surface area contributed by atoms with Gasteiger partial charge < -0.3 is 5.32 Å². The number of aromatic nitrogens is 2. The fourth-order valence-corrected chi connectivity index (χ4v) is 2.04. The van der Waals surface area contributed by atoms with Gasteiger partial charge >= 0.3 is 0 Å². The molecule has 19 heavy (non-hydrogen) atoms. The van der Waals surface area contributed by atoms with Gasteiger partial charge in [0.25, 0.3) is 0 Å². The zero-order chi connectivity index (χ0) is 13.8. The standard InChI is InChI=1S/C13H11Cl2N3O/c1-18-5-4-12(17-18)16-13(19)3-2-9-6-10(14)8-11(15)7-9/h2-8H,1H3,(H,16,17,19)/b3-2+. The predicted molar refractivity (Wildman–Crippen MR) is 77.3 cm³/mol. The minimum absolute atomic E-state index is 0.269. The number of hydrogen-bond acceptors (Lipinski definition) is 2. The molecular formula is C13H11Cl2N3O. The monoisotopic (exact) mass is 295 g/mol. The first-order chi connectivity index (χ1) is 9.02. The first-order valence-electron chi connectivity index (χ1n) is 5.48. The molecule has 1 N–H and O–H groups in total. The number of anilines is 1. The SMILES string of the molecule is Cn1ccc(NC(=O)/C=C/c2cc(Cl)cc(Cl)c2)n1. The molecule has 6 heteroatoms. The molecular weight excluding hydrogens is 285 g/mol. The summed E-state index contributed by atoms with van der Waals surface area (Å²) < 4.78 is 1.61. The summed E-state index contributed by atoms with van der Waals surface area (Å²) in [6, 6.07) is 6.78. The quantitative estimate of drug-likeness (QED) is 0.883. The molecule has 1 amide bonds. The van der Waals surface area contributed by atoms with Crippen molar-refractivity contribution >= 4 is 41.0 Å². The molecule has 1 heterocycles. The summed E-state index contributed by atoms with van der Waals surface area (Å²) in [5.41, 5.74) is 0.758. The van der Waals surface area contributed by atoms with Crippen molar-refractivity contribution in [1.29, 1.82) is 0 Å². The average Bonchev–Trinajstić information content (AvgIpc) is 2.71. The number of nitrogens with one attached hydrogen (secondary N) is 1.